The molecule has 1 aromatic carbocycles. The molecule has 0 bridgehead atoms. The molecule has 0 saturated carbocycles. The quantitative estimate of drug-likeness (QED) is 0.777. The van der Waals surface area contributed by atoms with Gasteiger partial charge in [-0.05, 0) is 12.1 Å². The molecule has 2 aromatic rings. The SMILES string of the molecule is O=C1CC(S)CN1c1ncnc2ccccc12. The van der Waals surface area contributed by atoms with Crippen LogP contribution in [0.4, 0.5) is 5.82 Å². The Hall–Kier alpha value is -1.62. The summed E-state index contributed by atoms with van der Waals surface area (Å²) in [5.74, 6) is 0.769. The topological polar surface area (TPSA) is 46.1 Å². The average molecular weight is 245 g/mol. The van der Waals surface area contributed by atoms with Crippen molar-refractivity contribution in [1.29, 1.82) is 0 Å². The standard InChI is InChI=1S/C12H11N3OS/c16-11-5-8(17)6-15(11)12-9-3-1-2-4-10(9)13-7-14-12/h1-4,7-8,17H,5-6H2. The van der Waals surface area contributed by atoms with Crippen molar-refractivity contribution < 1.29 is 4.79 Å². The Balaban J connectivity index is 2.14. The minimum absolute atomic E-state index is 0.0776. The number of hydrogen-bond acceptors (Lipinski definition) is 4. The molecule has 1 amide bonds. The van der Waals surface area contributed by atoms with Crippen molar-refractivity contribution in [2.24, 2.45) is 0 Å². The van der Waals surface area contributed by atoms with Crippen molar-refractivity contribution >= 4 is 35.3 Å². The van der Waals surface area contributed by atoms with Gasteiger partial charge >= 0.3 is 0 Å². The maximum absolute atomic E-state index is 11.8. The molecule has 1 aliphatic heterocycles. The van der Waals surface area contributed by atoms with E-state index < -0.39 is 0 Å². The van der Waals surface area contributed by atoms with Crippen molar-refractivity contribution in [2.75, 3.05) is 11.4 Å². The molecule has 1 aliphatic rings. The second kappa shape index (κ2) is 4.00. The first-order valence-corrected chi connectivity index (χ1v) is 5.95. The van der Waals surface area contributed by atoms with Crippen molar-refractivity contribution in [2.45, 2.75) is 11.7 Å². The molecular formula is C12H11N3OS. The largest absolute Gasteiger partial charge is 0.295 e. The number of rotatable bonds is 1. The lowest BCUT2D eigenvalue weighted by Crippen LogP contribution is -2.25. The third-order valence-electron chi connectivity index (χ3n) is 2.88. The highest BCUT2D eigenvalue weighted by Gasteiger charge is 2.30. The van der Waals surface area contributed by atoms with E-state index in [1.807, 2.05) is 24.3 Å². The molecule has 1 atom stereocenters. The fraction of sp³-hybridized carbons (Fsp3) is 0.250. The number of aromatic nitrogens is 2. The summed E-state index contributed by atoms with van der Waals surface area (Å²) in [5, 5.41) is 1.00. The molecule has 5 heteroatoms. The summed E-state index contributed by atoms with van der Waals surface area (Å²) in [5.41, 5.74) is 0.855. The number of para-hydroxylation sites is 1. The number of carbonyl (C=O) groups is 1. The molecule has 2 heterocycles. The first-order valence-electron chi connectivity index (χ1n) is 5.44. The van der Waals surface area contributed by atoms with E-state index in [2.05, 4.69) is 22.6 Å². The van der Waals surface area contributed by atoms with E-state index >= 15 is 0 Å². The lowest BCUT2D eigenvalue weighted by molar-refractivity contribution is -0.117. The normalized spacial score (nSPS) is 20.2. The minimum Gasteiger partial charge on any atom is -0.295 e. The van der Waals surface area contributed by atoms with Gasteiger partial charge in [-0.3, -0.25) is 9.69 Å². The Morgan fingerprint density at radius 2 is 2.12 bits per heavy atom. The zero-order chi connectivity index (χ0) is 11.8. The molecule has 1 unspecified atom stereocenters. The fourth-order valence-corrected chi connectivity index (χ4v) is 2.42. The summed E-state index contributed by atoms with van der Waals surface area (Å²) in [4.78, 5) is 22.0. The molecule has 0 radical (unpaired) electrons. The molecule has 17 heavy (non-hydrogen) atoms. The highest BCUT2D eigenvalue weighted by Crippen LogP contribution is 2.27. The van der Waals surface area contributed by atoms with E-state index in [4.69, 9.17) is 0 Å². The first-order chi connectivity index (χ1) is 8.25. The van der Waals surface area contributed by atoms with Gasteiger partial charge in [-0.1, -0.05) is 12.1 Å². The van der Waals surface area contributed by atoms with Crippen LogP contribution < -0.4 is 4.90 Å². The summed E-state index contributed by atoms with van der Waals surface area (Å²) >= 11 is 4.35. The van der Waals surface area contributed by atoms with Crippen LogP contribution >= 0.6 is 12.6 Å². The maximum Gasteiger partial charge on any atom is 0.229 e. The molecule has 0 N–H and O–H groups in total. The molecule has 0 aliphatic carbocycles. The van der Waals surface area contributed by atoms with Crippen LogP contribution in [0.3, 0.4) is 0 Å². The summed E-state index contributed by atoms with van der Waals surface area (Å²) in [6.07, 6.45) is 1.97. The van der Waals surface area contributed by atoms with Crippen molar-refractivity contribution in [3.63, 3.8) is 0 Å². The second-order valence-electron chi connectivity index (χ2n) is 4.08. The Morgan fingerprint density at radius 3 is 2.88 bits per heavy atom. The van der Waals surface area contributed by atoms with Crippen LogP contribution in [0.1, 0.15) is 6.42 Å². The summed E-state index contributed by atoms with van der Waals surface area (Å²) in [6.45, 7) is 0.614. The Morgan fingerprint density at radius 1 is 1.29 bits per heavy atom. The van der Waals surface area contributed by atoms with Crippen LogP contribution in [0.2, 0.25) is 0 Å². The van der Waals surface area contributed by atoms with Crippen LogP contribution in [-0.2, 0) is 4.79 Å². The molecule has 86 valence electrons. The molecule has 3 rings (SSSR count). The monoisotopic (exact) mass is 245 g/mol. The minimum atomic E-state index is 0.0776. The van der Waals surface area contributed by atoms with Crippen molar-refractivity contribution in [3.05, 3.63) is 30.6 Å². The van der Waals surface area contributed by atoms with Gasteiger partial charge in [-0.25, -0.2) is 9.97 Å². The van der Waals surface area contributed by atoms with Gasteiger partial charge < -0.3 is 0 Å². The van der Waals surface area contributed by atoms with E-state index in [0.29, 0.717) is 18.8 Å². The van der Waals surface area contributed by atoms with Crippen LogP contribution in [0.25, 0.3) is 10.9 Å². The average Bonchev–Trinajstić information content (AvgIpc) is 2.68. The van der Waals surface area contributed by atoms with Crippen LogP contribution in [0, 0.1) is 0 Å². The van der Waals surface area contributed by atoms with Crippen LogP contribution in [0.5, 0.6) is 0 Å². The summed E-state index contributed by atoms with van der Waals surface area (Å²) < 4.78 is 0. The Kier molecular flexibility index (Phi) is 2.48. The zero-order valence-corrected chi connectivity index (χ0v) is 9.97. The summed E-state index contributed by atoms with van der Waals surface area (Å²) in [6, 6.07) is 7.70. The van der Waals surface area contributed by atoms with Crippen LogP contribution in [-0.4, -0.2) is 27.7 Å². The van der Waals surface area contributed by atoms with Crippen LogP contribution in [0.15, 0.2) is 30.6 Å². The summed E-state index contributed by atoms with van der Waals surface area (Å²) in [7, 11) is 0. The molecule has 1 aromatic heterocycles. The molecule has 1 saturated heterocycles. The predicted octanol–water partition coefficient (Wildman–Crippen LogP) is 1.66. The molecule has 1 fully saturated rings. The Bertz CT molecular complexity index is 581. The van der Waals surface area contributed by atoms with Gasteiger partial charge in [-0.2, -0.15) is 12.6 Å². The van der Waals surface area contributed by atoms with E-state index in [9.17, 15) is 4.79 Å². The number of benzene rings is 1. The fourth-order valence-electron chi connectivity index (χ4n) is 2.10. The third-order valence-corrected chi connectivity index (χ3v) is 3.23. The van der Waals surface area contributed by atoms with Gasteiger partial charge in [0.15, 0.2) is 0 Å². The van der Waals surface area contributed by atoms with Gasteiger partial charge in [0, 0.05) is 23.6 Å². The number of hydrogen-bond donors (Lipinski definition) is 1. The van der Waals surface area contributed by atoms with Gasteiger partial charge in [0.1, 0.15) is 12.1 Å². The smallest absolute Gasteiger partial charge is 0.229 e. The number of thiol groups is 1. The number of fused-ring (bicyclic) bond motifs is 1. The van der Waals surface area contributed by atoms with Gasteiger partial charge in [0.2, 0.25) is 5.91 Å². The van der Waals surface area contributed by atoms with Gasteiger partial charge in [0.25, 0.3) is 0 Å². The van der Waals surface area contributed by atoms with E-state index in [-0.39, 0.29) is 11.2 Å². The Labute approximate surface area is 104 Å². The van der Waals surface area contributed by atoms with Gasteiger partial charge in [-0.15, -0.1) is 0 Å². The van der Waals surface area contributed by atoms with Gasteiger partial charge in [0.05, 0.1) is 5.52 Å². The predicted molar refractivity (Wildman–Crippen MR) is 69.3 cm³/mol. The highest BCUT2D eigenvalue weighted by molar-refractivity contribution is 7.81. The molecule has 4 nitrogen and oxygen atoms in total. The first kappa shape index (κ1) is 10.5. The number of anilines is 1. The molecular weight excluding hydrogens is 234 g/mol. The molecule has 0 spiro atoms. The zero-order valence-electron chi connectivity index (χ0n) is 9.08. The lowest BCUT2D eigenvalue weighted by atomic mass is 10.2. The second-order valence-corrected chi connectivity index (χ2v) is 4.81. The maximum atomic E-state index is 11.8. The highest BCUT2D eigenvalue weighted by atomic mass is 32.1. The van der Waals surface area contributed by atoms with E-state index in [0.717, 1.165) is 10.9 Å². The van der Waals surface area contributed by atoms with E-state index in [1.54, 1.807) is 4.90 Å². The number of carbonyl (C=O) groups excluding carboxylic acids is 1. The van der Waals surface area contributed by atoms with E-state index in [1.165, 1.54) is 6.33 Å². The lowest BCUT2D eigenvalue weighted by Gasteiger charge is -2.16. The number of nitrogens with zero attached hydrogens (tertiary/aromatic N) is 3. The van der Waals surface area contributed by atoms with Crippen molar-refractivity contribution in [1.82, 2.24) is 9.97 Å². The third kappa shape index (κ3) is 1.76. The number of amides is 1. The van der Waals surface area contributed by atoms with Crippen molar-refractivity contribution in [3.8, 4) is 0 Å².